The predicted octanol–water partition coefficient (Wildman–Crippen LogP) is 0.685. The molecule has 1 amide bonds. The molecule has 178 valence electrons. The van der Waals surface area contributed by atoms with Crippen LogP contribution >= 0.6 is 0 Å². The Kier molecular flexibility index (Phi) is 4.99. The van der Waals surface area contributed by atoms with Crippen molar-refractivity contribution in [1.29, 1.82) is 0 Å². The number of carbonyl (C=O) groups excluding carboxylic acids is 2. The number of ether oxygens (including phenoxy) is 1. The molecule has 6 heterocycles. The van der Waals surface area contributed by atoms with Crippen LogP contribution in [0.5, 0.6) is 0 Å². The third-order valence-electron chi connectivity index (χ3n) is 7.97. The standard InChI is InChI=1S/C23H27N7O4/c1-14-18(4-5-20(25-14)30-13-24-26-27-30)19(31)11-29-15-2-3-16(29)10-23(9-15)6-7-28(22(23)33)17-8-21(32)34-12-17/h4-5,8,13,15-16,19,31H,2-3,6-7,9-12H2,1H3/t15?,16?,19-,23?/m1/s1. The number of aryl methyl sites for hydroxylation is 1. The Balaban J connectivity index is 1.15. The van der Waals surface area contributed by atoms with Gasteiger partial charge >= 0.3 is 5.97 Å². The van der Waals surface area contributed by atoms with Gasteiger partial charge in [0, 0.05) is 42.5 Å². The van der Waals surface area contributed by atoms with Crippen LogP contribution in [0, 0.1) is 12.3 Å². The van der Waals surface area contributed by atoms with E-state index in [4.69, 9.17) is 4.74 Å². The van der Waals surface area contributed by atoms with Gasteiger partial charge in [0.05, 0.1) is 17.2 Å². The van der Waals surface area contributed by atoms with Crippen molar-refractivity contribution in [2.45, 2.75) is 57.2 Å². The maximum absolute atomic E-state index is 13.4. The summed E-state index contributed by atoms with van der Waals surface area (Å²) < 4.78 is 6.50. The van der Waals surface area contributed by atoms with Crippen LogP contribution in [0.25, 0.3) is 5.82 Å². The van der Waals surface area contributed by atoms with Crippen molar-refractivity contribution >= 4 is 11.9 Å². The molecular weight excluding hydrogens is 438 g/mol. The van der Waals surface area contributed by atoms with Crippen LogP contribution in [0.3, 0.4) is 0 Å². The molecule has 6 rings (SSSR count). The van der Waals surface area contributed by atoms with Crippen LogP contribution in [0.4, 0.5) is 0 Å². The predicted molar refractivity (Wildman–Crippen MR) is 117 cm³/mol. The third kappa shape index (κ3) is 3.41. The van der Waals surface area contributed by atoms with Crippen molar-refractivity contribution < 1.29 is 19.4 Å². The zero-order valence-corrected chi connectivity index (χ0v) is 19.0. The van der Waals surface area contributed by atoms with Gasteiger partial charge in [-0.05, 0) is 55.5 Å². The van der Waals surface area contributed by atoms with Crippen molar-refractivity contribution in [3.63, 3.8) is 0 Å². The SMILES string of the molecule is Cc1nc(-n2cnnn2)ccc1[C@H](O)CN1C2CCC1CC1(CCN(C3=CC(=O)OC3)C1=O)C2. The van der Waals surface area contributed by atoms with Crippen LogP contribution < -0.4 is 0 Å². The first kappa shape index (κ1) is 21.4. The van der Waals surface area contributed by atoms with Crippen molar-refractivity contribution in [3.05, 3.63) is 41.5 Å². The number of fused-ring (bicyclic) bond motifs is 2. The van der Waals surface area contributed by atoms with E-state index in [1.54, 1.807) is 11.0 Å². The maximum Gasteiger partial charge on any atom is 0.333 e. The fourth-order valence-corrected chi connectivity index (χ4v) is 6.33. The Bertz CT molecular complexity index is 1150. The number of piperidine rings is 1. The molecule has 3 saturated heterocycles. The Labute approximate surface area is 196 Å². The quantitative estimate of drug-likeness (QED) is 0.635. The van der Waals surface area contributed by atoms with Crippen molar-refractivity contribution in [2.24, 2.45) is 5.41 Å². The highest BCUT2D eigenvalue weighted by Crippen LogP contribution is 2.52. The molecule has 11 heteroatoms. The molecule has 1 N–H and O–H groups in total. The summed E-state index contributed by atoms with van der Waals surface area (Å²) in [6.45, 7) is 3.22. The van der Waals surface area contributed by atoms with E-state index < -0.39 is 6.10 Å². The number of aromatic nitrogens is 5. The van der Waals surface area contributed by atoms with E-state index in [2.05, 4.69) is 25.4 Å². The third-order valence-corrected chi connectivity index (χ3v) is 7.97. The summed E-state index contributed by atoms with van der Waals surface area (Å²) in [5.74, 6) is 0.364. The highest BCUT2D eigenvalue weighted by atomic mass is 16.5. The number of rotatable bonds is 5. The first-order valence-electron chi connectivity index (χ1n) is 11.8. The second-order valence-electron chi connectivity index (χ2n) is 9.83. The summed E-state index contributed by atoms with van der Waals surface area (Å²) in [4.78, 5) is 33.6. The number of likely N-dealkylation sites (tertiary alicyclic amines) is 1. The number of aliphatic hydroxyl groups excluding tert-OH is 1. The number of carbonyl (C=O) groups is 2. The number of hydrogen-bond donors (Lipinski definition) is 1. The van der Waals surface area contributed by atoms with Crippen LogP contribution in [0.15, 0.2) is 30.2 Å². The summed E-state index contributed by atoms with van der Waals surface area (Å²) in [6.07, 6.45) is 6.72. The molecule has 3 atom stereocenters. The minimum atomic E-state index is -0.671. The first-order valence-corrected chi connectivity index (χ1v) is 11.8. The van der Waals surface area contributed by atoms with Gasteiger partial charge in [-0.2, -0.15) is 4.68 Å². The van der Waals surface area contributed by atoms with Crippen LogP contribution in [-0.4, -0.2) is 83.8 Å². The fraction of sp³-hybridized carbons (Fsp3) is 0.565. The molecule has 2 unspecified atom stereocenters. The normalized spacial score (nSPS) is 29.7. The summed E-state index contributed by atoms with van der Waals surface area (Å²) >= 11 is 0. The summed E-state index contributed by atoms with van der Waals surface area (Å²) in [5.41, 5.74) is 1.84. The Morgan fingerprint density at radius 1 is 1.24 bits per heavy atom. The average molecular weight is 466 g/mol. The summed E-state index contributed by atoms with van der Waals surface area (Å²) in [7, 11) is 0. The minimum Gasteiger partial charge on any atom is -0.456 e. The Morgan fingerprint density at radius 2 is 2.03 bits per heavy atom. The van der Waals surface area contributed by atoms with Crippen LogP contribution in [-0.2, 0) is 14.3 Å². The molecule has 2 aromatic rings. The van der Waals surface area contributed by atoms with Crippen LogP contribution in [0.1, 0.15) is 49.5 Å². The smallest absolute Gasteiger partial charge is 0.333 e. The molecule has 1 spiro atoms. The highest BCUT2D eigenvalue weighted by molar-refractivity contribution is 5.90. The second-order valence-corrected chi connectivity index (χ2v) is 9.83. The van der Waals surface area contributed by atoms with Gasteiger partial charge in [0.2, 0.25) is 5.91 Å². The number of aliphatic hydroxyl groups is 1. The molecule has 4 aliphatic heterocycles. The minimum absolute atomic E-state index is 0.132. The molecule has 11 nitrogen and oxygen atoms in total. The lowest BCUT2D eigenvalue weighted by Crippen LogP contribution is -2.51. The Hall–Kier alpha value is -3.18. The van der Waals surface area contributed by atoms with E-state index in [1.807, 2.05) is 13.0 Å². The molecule has 2 bridgehead atoms. The molecule has 2 aromatic heterocycles. The number of esters is 1. The number of cyclic esters (lactones) is 1. The number of amides is 1. The van der Waals surface area contributed by atoms with Crippen molar-refractivity contribution in [2.75, 3.05) is 19.7 Å². The summed E-state index contributed by atoms with van der Waals surface area (Å²) in [6, 6.07) is 4.22. The first-order chi connectivity index (χ1) is 16.4. The average Bonchev–Trinajstić information content (AvgIpc) is 3.59. The number of hydrogen-bond acceptors (Lipinski definition) is 9. The number of tetrazole rings is 1. The van der Waals surface area contributed by atoms with E-state index in [-0.39, 0.29) is 36.0 Å². The molecule has 0 aliphatic carbocycles. The van der Waals surface area contributed by atoms with Gasteiger partial charge in [0.25, 0.3) is 0 Å². The van der Waals surface area contributed by atoms with E-state index in [1.165, 1.54) is 17.1 Å². The molecular formula is C23H27N7O4. The maximum atomic E-state index is 13.4. The molecule has 0 radical (unpaired) electrons. The molecule has 4 aliphatic rings. The van der Waals surface area contributed by atoms with E-state index >= 15 is 0 Å². The number of nitrogens with zero attached hydrogens (tertiary/aromatic N) is 7. The lowest BCUT2D eigenvalue weighted by molar-refractivity contribution is -0.140. The van der Waals surface area contributed by atoms with Gasteiger partial charge < -0.3 is 14.7 Å². The molecule has 3 fully saturated rings. The second kappa shape index (κ2) is 7.95. The molecule has 0 saturated carbocycles. The zero-order valence-electron chi connectivity index (χ0n) is 19.0. The fourth-order valence-electron chi connectivity index (χ4n) is 6.33. The zero-order chi connectivity index (χ0) is 23.4. The molecule has 0 aromatic carbocycles. The lowest BCUT2D eigenvalue weighted by atomic mass is 9.73. The topological polar surface area (TPSA) is 127 Å². The van der Waals surface area contributed by atoms with Gasteiger partial charge in [-0.3, -0.25) is 9.69 Å². The van der Waals surface area contributed by atoms with Crippen molar-refractivity contribution in [1.82, 2.24) is 35.0 Å². The van der Waals surface area contributed by atoms with Gasteiger partial charge in [-0.15, -0.1) is 5.10 Å². The number of pyridine rings is 1. The Morgan fingerprint density at radius 3 is 2.68 bits per heavy atom. The summed E-state index contributed by atoms with van der Waals surface area (Å²) in [5, 5.41) is 22.2. The molecule has 34 heavy (non-hydrogen) atoms. The largest absolute Gasteiger partial charge is 0.456 e. The highest BCUT2D eigenvalue weighted by Gasteiger charge is 2.56. The lowest BCUT2D eigenvalue weighted by Gasteiger charge is -2.44. The van der Waals surface area contributed by atoms with E-state index in [0.29, 0.717) is 24.6 Å². The van der Waals surface area contributed by atoms with E-state index in [9.17, 15) is 14.7 Å². The van der Waals surface area contributed by atoms with Crippen molar-refractivity contribution in [3.8, 4) is 5.82 Å². The van der Waals surface area contributed by atoms with Gasteiger partial charge in [0.1, 0.15) is 12.9 Å². The monoisotopic (exact) mass is 465 g/mol. The van der Waals surface area contributed by atoms with Gasteiger partial charge in [-0.25, -0.2) is 9.78 Å². The van der Waals surface area contributed by atoms with Crippen LogP contribution in [0.2, 0.25) is 0 Å². The van der Waals surface area contributed by atoms with Gasteiger partial charge in [-0.1, -0.05) is 6.07 Å². The van der Waals surface area contributed by atoms with E-state index in [0.717, 1.165) is 43.4 Å². The van der Waals surface area contributed by atoms with Gasteiger partial charge in [0.15, 0.2) is 5.82 Å².